The van der Waals surface area contributed by atoms with E-state index in [1.807, 2.05) is 0 Å². The number of hydrogen-bond acceptors (Lipinski definition) is 8. The Balaban J connectivity index is 1.89. The molecule has 12 heteroatoms. The number of anilines is 2. The third-order valence-corrected chi connectivity index (χ3v) is 4.58. The Bertz CT molecular complexity index is 1150. The molecule has 0 fully saturated rings. The van der Waals surface area contributed by atoms with Crippen LogP contribution in [0.5, 0.6) is 0 Å². The van der Waals surface area contributed by atoms with E-state index in [0.717, 1.165) is 19.1 Å². The molecule has 5 N–H and O–H groups in total. The van der Waals surface area contributed by atoms with Crippen LogP contribution < -0.4 is 16.8 Å². The minimum atomic E-state index is -3.61. The number of nitrogens with one attached hydrogen (secondary N) is 1. The molecule has 0 aromatic carbocycles. The molecule has 1 aliphatic rings. The molecule has 0 saturated carbocycles. The van der Waals surface area contributed by atoms with Crippen LogP contribution in [0.3, 0.4) is 0 Å². The third kappa shape index (κ3) is 4.42. The molecule has 1 unspecified atom stereocenters. The van der Waals surface area contributed by atoms with Crippen LogP contribution in [0.2, 0.25) is 0 Å². The first kappa shape index (κ1) is 22.8. The van der Waals surface area contributed by atoms with Crippen molar-refractivity contribution in [2.75, 3.05) is 31.4 Å². The summed E-state index contributed by atoms with van der Waals surface area (Å²) in [6.45, 7) is 0.0827. The van der Waals surface area contributed by atoms with Crippen molar-refractivity contribution in [3.63, 3.8) is 0 Å². The van der Waals surface area contributed by atoms with Crippen LogP contribution in [0.15, 0.2) is 29.4 Å². The zero-order valence-electron chi connectivity index (χ0n) is 17.1. The number of nitrogen functional groups attached to an aromatic ring is 1. The van der Waals surface area contributed by atoms with E-state index in [1.165, 1.54) is 19.4 Å². The van der Waals surface area contributed by atoms with Gasteiger partial charge in [0.2, 0.25) is 0 Å². The average molecular weight is 448 g/mol. The van der Waals surface area contributed by atoms with E-state index >= 15 is 0 Å². The van der Waals surface area contributed by atoms with Crippen molar-refractivity contribution in [2.45, 2.75) is 18.4 Å². The van der Waals surface area contributed by atoms with Crippen LogP contribution in [0.1, 0.15) is 28.7 Å². The van der Waals surface area contributed by atoms with Crippen molar-refractivity contribution in [3.8, 4) is 11.8 Å². The van der Waals surface area contributed by atoms with Crippen molar-refractivity contribution < 1.29 is 27.4 Å². The van der Waals surface area contributed by atoms with Gasteiger partial charge in [0.1, 0.15) is 23.9 Å². The maximum Gasteiger partial charge on any atom is 0.311 e. The van der Waals surface area contributed by atoms with Gasteiger partial charge in [-0.05, 0) is 25.1 Å². The number of alkyl halides is 2. The number of pyridine rings is 2. The molecule has 168 valence electrons. The molecule has 1 atom stereocenters. The number of nitrogens with zero attached hydrogens (tertiary/aromatic N) is 3. The maximum absolute atomic E-state index is 14.5. The van der Waals surface area contributed by atoms with Gasteiger partial charge in [0.05, 0.1) is 5.69 Å². The fraction of sp³-hybridized carbons (Fsp3) is 0.300. The molecule has 1 amide bonds. The largest absolute Gasteiger partial charge is 0.459 e. The number of nitrogens with two attached hydrogens (primary N) is 2. The lowest BCUT2D eigenvalue weighted by Crippen LogP contribution is -2.51. The Hall–Kier alpha value is -3.85. The second-order valence-corrected chi connectivity index (χ2v) is 6.89. The summed E-state index contributed by atoms with van der Waals surface area (Å²) in [7, 11) is 1.49. The van der Waals surface area contributed by atoms with Gasteiger partial charge in [-0.1, -0.05) is 11.8 Å². The number of rotatable bonds is 4. The van der Waals surface area contributed by atoms with Crippen LogP contribution in [0, 0.1) is 17.7 Å². The van der Waals surface area contributed by atoms with Gasteiger partial charge in [-0.15, -0.1) is 0 Å². The van der Waals surface area contributed by atoms with Crippen molar-refractivity contribution in [3.05, 3.63) is 47.2 Å². The smallest absolute Gasteiger partial charge is 0.311 e. The predicted octanol–water partition coefficient (Wildman–Crippen LogP) is 1.64. The molecule has 0 spiro atoms. The maximum atomic E-state index is 14.5. The molecular formula is C20H19F3N6O3. The number of amides is 1. The molecule has 3 rings (SSSR count). The lowest BCUT2D eigenvalue weighted by atomic mass is 9.89. The molecule has 9 nitrogen and oxygen atoms in total. The summed E-state index contributed by atoms with van der Waals surface area (Å²) in [5.74, 6) is -0.184. The second-order valence-electron chi connectivity index (χ2n) is 6.89. The predicted molar refractivity (Wildman–Crippen MR) is 109 cm³/mol. The highest BCUT2D eigenvalue weighted by atomic mass is 19.3. The first-order valence-electron chi connectivity index (χ1n) is 9.15. The number of hydrogen-bond donors (Lipinski definition) is 3. The van der Waals surface area contributed by atoms with Gasteiger partial charge in [0, 0.05) is 18.9 Å². The number of aliphatic imine (C=N–C) groups is 1. The van der Waals surface area contributed by atoms with Crippen molar-refractivity contribution in [2.24, 2.45) is 10.7 Å². The van der Waals surface area contributed by atoms with Crippen molar-refractivity contribution in [1.82, 2.24) is 9.97 Å². The topological polar surface area (TPSA) is 138 Å². The standard InChI is InChI=1S/C20H19F3N6O3/c1-19(20(22,23)10-32-18(25)29-19)16-12(21)5-6-14(27-16)28-17(30)15-13(24)8-11(9-26-15)4-3-7-31-2/h5-6,8-9H,7,10,24H2,1-2H3,(H2,25,29)(H,27,28,30). The number of halogens is 3. The Morgan fingerprint density at radius 1 is 1.38 bits per heavy atom. The Kier molecular flexibility index (Phi) is 6.22. The van der Waals surface area contributed by atoms with E-state index in [1.54, 1.807) is 0 Å². The van der Waals surface area contributed by atoms with Gasteiger partial charge < -0.3 is 26.3 Å². The summed E-state index contributed by atoms with van der Waals surface area (Å²) in [6, 6.07) is 2.89. The summed E-state index contributed by atoms with van der Waals surface area (Å²) in [4.78, 5) is 24.0. The summed E-state index contributed by atoms with van der Waals surface area (Å²) >= 11 is 0. The Labute approximate surface area is 181 Å². The van der Waals surface area contributed by atoms with Gasteiger partial charge in [-0.25, -0.2) is 19.4 Å². The summed E-state index contributed by atoms with van der Waals surface area (Å²) in [5.41, 5.74) is 8.47. The van der Waals surface area contributed by atoms with E-state index in [2.05, 4.69) is 36.9 Å². The van der Waals surface area contributed by atoms with Crippen molar-refractivity contribution >= 4 is 23.4 Å². The highest BCUT2D eigenvalue weighted by Gasteiger charge is 2.57. The van der Waals surface area contributed by atoms with E-state index in [0.29, 0.717) is 5.56 Å². The molecule has 1 aliphatic heterocycles. The fourth-order valence-corrected chi connectivity index (χ4v) is 2.84. The molecule has 0 bridgehead atoms. The number of ether oxygens (including phenoxy) is 2. The SMILES string of the molecule is COCC#Cc1cnc(C(=O)Nc2ccc(F)c(C3(C)N=C(N)OCC3(F)F)n2)c(N)c1. The lowest BCUT2D eigenvalue weighted by Gasteiger charge is -2.36. The van der Waals surface area contributed by atoms with Crippen LogP contribution in [0.25, 0.3) is 0 Å². The van der Waals surface area contributed by atoms with Crippen LogP contribution >= 0.6 is 0 Å². The highest BCUT2D eigenvalue weighted by molar-refractivity contribution is 6.05. The number of aromatic nitrogens is 2. The lowest BCUT2D eigenvalue weighted by molar-refractivity contribution is -0.118. The van der Waals surface area contributed by atoms with E-state index in [-0.39, 0.29) is 23.8 Å². The molecule has 2 aromatic heterocycles. The molecule has 2 aromatic rings. The quantitative estimate of drug-likeness (QED) is 0.605. The fourth-order valence-electron chi connectivity index (χ4n) is 2.84. The molecular weight excluding hydrogens is 429 g/mol. The number of amidine groups is 1. The molecule has 3 heterocycles. The minimum Gasteiger partial charge on any atom is -0.459 e. The minimum absolute atomic E-state index is 0.0225. The monoisotopic (exact) mass is 448 g/mol. The Morgan fingerprint density at radius 3 is 2.81 bits per heavy atom. The normalized spacial score (nSPS) is 19.2. The van der Waals surface area contributed by atoms with Gasteiger partial charge in [-0.3, -0.25) is 4.79 Å². The van der Waals surface area contributed by atoms with Crippen molar-refractivity contribution in [1.29, 1.82) is 0 Å². The number of methoxy groups -OCH3 is 1. The first-order chi connectivity index (χ1) is 15.1. The zero-order chi connectivity index (χ0) is 23.5. The van der Waals surface area contributed by atoms with Gasteiger partial charge >= 0.3 is 5.92 Å². The zero-order valence-corrected chi connectivity index (χ0v) is 17.1. The Morgan fingerprint density at radius 2 is 2.12 bits per heavy atom. The first-order valence-corrected chi connectivity index (χ1v) is 9.15. The van der Waals surface area contributed by atoms with E-state index in [4.69, 9.17) is 16.2 Å². The molecule has 0 radical (unpaired) electrons. The average Bonchev–Trinajstić information content (AvgIpc) is 2.73. The van der Waals surface area contributed by atoms with E-state index < -0.39 is 41.5 Å². The summed E-state index contributed by atoms with van der Waals surface area (Å²) in [5, 5.41) is 2.36. The van der Waals surface area contributed by atoms with Gasteiger partial charge in [-0.2, -0.15) is 8.78 Å². The van der Waals surface area contributed by atoms with Gasteiger partial charge in [0.25, 0.3) is 11.9 Å². The summed E-state index contributed by atoms with van der Waals surface area (Å²) in [6.07, 6.45) is 1.33. The second kappa shape index (κ2) is 8.72. The molecule has 32 heavy (non-hydrogen) atoms. The van der Waals surface area contributed by atoms with Crippen LogP contribution in [-0.2, 0) is 15.0 Å². The number of carbonyl (C=O) groups is 1. The van der Waals surface area contributed by atoms with Gasteiger partial charge in [0.15, 0.2) is 17.8 Å². The molecule has 0 aliphatic carbocycles. The molecule has 0 saturated heterocycles. The highest BCUT2D eigenvalue weighted by Crippen LogP contribution is 2.43. The third-order valence-electron chi connectivity index (χ3n) is 4.58. The number of carbonyl (C=O) groups excluding carboxylic acids is 1. The summed E-state index contributed by atoms with van der Waals surface area (Å²) < 4.78 is 52.9. The van der Waals surface area contributed by atoms with E-state index in [9.17, 15) is 18.0 Å². The van der Waals surface area contributed by atoms with Crippen LogP contribution in [-0.4, -0.2) is 48.1 Å². The van der Waals surface area contributed by atoms with Crippen LogP contribution in [0.4, 0.5) is 24.7 Å².